The highest BCUT2D eigenvalue weighted by Crippen LogP contribution is 2.35. The summed E-state index contributed by atoms with van der Waals surface area (Å²) < 4.78 is 61.5. The number of hydrogen-bond donors (Lipinski definition) is 0. The standard InChI is InChI=1S/C54H58O9/c1-40-49(57-33-42-22-10-3-11-23-42)50(58-34-43-24-12-4-13-25-43)48(39-56-40)63-54-53(61-37-46-30-18-7-19-31-46)52(60-36-45-28-16-6-17-29-45)51(59-35-44-26-14-5-15-27-44)47(62-54)38-55-32-41-20-8-2-9-21-41/h2-31,40,47-54H,32-39H2,1H3/t40-,47-,48+,49-,50-,51-,52+,53+,54?/m0/s1. The van der Waals surface area contributed by atoms with Crippen LogP contribution in [0.4, 0.5) is 0 Å². The molecule has 1 unspecified atom stereocenters. The normalized spacial score (nSPS) is 24.8. The van der Waals surface area contributed by atoms with Crippen molar-refractivity contribution in [2.45, 2.75) is 102 Å². The molecule has 63 heavy (non-hydrogen) atoms. The van der Waals surface area contributed by atoms with Crippen LogP contribution in [0, 0.1) is 0 Å². The molecular formula is C54H58O9. The average Bonchev–Trinajstić information content (AvgIpc) is 3.34. The molecule has 2 heterocycles. The van der Waals surface area contributed by atoms with Gasteiger partial charge in [-0.05, 0) is 40.3 Å². The Morgan fingerprint density at radius 2 is 0.746 bits per heavy atom. The van der Waals surface area contributed by atoms with Gasteiger partial charge in [-0.1, -0.05) is 182 Å². The fourth-order valence-corrected chi connectivity index (χ4v) is 8.03. The van der Waals surface area contributed by atoms with E-state index in [-0.39, 0.29) is 25.9 Å². The molecule has 9 nitrogen and oxygen atoms in total. The van der Waals surface area contributed by atoms with Crippen LogP contribution < -0.4 is 0 Å². The van der Waals surface area contributed by atoms with E-state index < -0.39 is 49.0 Å². The molecule has 0 amide bonds. The molecule has 9 atom stereocenters. The first-order valence-corrected chi connectivity index (χ1v) is 22.0. The van der Waals surface area contributed by atoms with Gasteiger partial charge in [0.05, 0.1) is 59.0 Å². The minimum Gasteiger partial charge on any atom is -0.374 e. The van der Waals surface area contributed by atoms with E-state index in [1.54, 1.807) is 0 Å². The third kappa shape index (κ3) is 13.0. The predicted octanol–water partition coefficient (Wildman–Crippen LogP) is 9.66. The SMILES string of the molecule is C[C@@H]1OC[C@@H](OC2O[C@@H](COCc3ccccc3)[C@H](OCc3ccccc3)[C@@H](OCc3ccccc3)[C@H]2OCc2ccccc2)[C@H](OCc2ccccc2)[C@H]1OCc1ccccc1. The van der Waals surface area contributed by atoms with Crippen LogP contribution in [-0.4, -0.2) is 68.3 Å². The van der Waals surface area contributed by atoms with Gasteiger partial charge in [0.2, 0.25) is 0 Å². The van der Waals surface area contributed by atoms with Crippen molar-refractivity contribution in [3.63, 3.8) is 0 Å². The van der Waals surface area contributed by atoms with Gasteiger partial charge in [-0.15, -0.1) is 0 Å². The second-order valence-corrected chi connectivity index (χ2v) is 16.1. The highest BCUT2D eigenvalue weighted by molar-refractivity contribution is 5.18. The summed E-state index contributed by atoms with van der Waals surface area (Å²) in [5, 5.41) is 0. The van der Waals surface area contributed by atoms with Crippen LogP contribution in [0.1, 0.15) is 40.3 Å². The third-order valence-electron chi connectivity index (χ3n) is 11.4. The van der Waals surface area contributed by atoms with Crippen LogP contribution in [0.15, 0.2) is 182 Å². The summed E-state index contributed by atoms with van der Waals surface area (Å²) >= 11 is 0. The van der Waals surface area contributed by atoms with Crippen molar-refractivity contribution < 1.29 is 42.6 Å². The summed E-state index contributed by atoms with van der Waals surface area (Å²) in [5.41, 5.74) is 6.19. The summed E-state index contributed by atoms with van der Waals surface area (Å²) in [5.74, 6) is 0. The van der Waals surface area contributed by atoms with Gasteiger partial charge in [-0.2, -0.15) is 0 Å². The molecule has 0 radical (unpaired) electrons. The summed E-state index contributed by atoms with van der Waals surface area (Å²) in [6.45, 7) is 4.55. The van der Waals surface area contributed by atoms with E-state index >= 15 is 0 Å². The van der Waals surface area contributed by atoms with Crippen molar-refractivity contribution >= 4 is 0 Å². The first kappa shape index (κ1) is 44.6. The van der Waals surface area contributed by atoms with E-state index in [2.05, 4.69) is 48.5 Å². The smallest absolute Gasteiger partial charge is 0.187 e. The monoisotopic (exact) mass is 850 g/mol. The van der Waals surface area contributed by atoms with Crippen molar-refractivity contribution in [2.75, 3.05) is 13.2 Å². The van der Waals surface area contributed by atoms with Crippen LogP contribution in [-0.2, 0) is 82.3 Å². The van der Waals surface area contributed by atoms with E-state index in [0.29, 0.717) is 33.0 Å². The van der Waals surface area contributed by atoms with Crippen molar-refractivity contribution in [3.8, 4) is 0 Å². The Morgan fingerprint density at radius 3 is 1.17 bits per heavy atom. The molecule has 6 aromatic carbocycles. The summed E-state index contributed by atoms with van der Waals surface area (Å²) in [6.07, 6.45) is -5.45. The maximum Gasteiger partial charge on any atom is 0.187 e. The molecule has 9 heteroatoms. The molecule has 0 aromatic heterocycles. The van der Waals surface area contributed by atoms with Crippen molar-refractivity contribution in [2.24, 2.45) is 0 Å². The number of benzene rings is 6. The Hall–Kier alpha value is -5.04. The predicted molar refractivity (Wildman–Crippen MR) is 240 cm³/mol. The third-order valence-corrected chi connectivity index (χ3v) is 11.4. The topological polar surface area (TPSA) is 83.1 Å². The van der Waals surface area contributed by atoms with Gasteiger partial charge in [-0.3, -0.25) is 0 Å². The maximum absolute atomic E-state index is 7.18. The second kappa shape index (κ2) is 23.6. The molecule has 0 bridgehead atoms. The van der Waals surface area contributed by atoms with E-state index in [4.69, 9.17) is 42.6 Å². The van der Waals surface area contributed by atoms with E-state index in [9.17, 15) is 0 Å². The molecule has 328 valence electrons. The quantitative estimate of drug-likeness (QED) is 0.0704. The van der Waals surface area contributed by atoms with Gasteiger partial charge in [0.25, 0.3) is 0 Å². The Bertz CT molecular complexity index is 2150. The Morgan fingerprint density at radius 1 is 0.397 bits per heavy atom. The molecule has 8 rings (SSSR count). The van der Waals surface area contributed by atoms with Gasteiger partial charge < -0.3 is 42.6 Å². The molecule has 2 fully saturated rings. The lowest BCUT2D eigenvalue weighted by Gasteiger charge is -2.48. The fourth-order valence-electron chi connectivity index (χ4n) is 8.03. The summed E-state index contributed by atoms with van der Waals surface area (Å²) in [7, 11) is 0. The Balaban J connectivity index is 1.13. The first-order valence-electron chi connectivity index (χ1n) is 22.0. The van der Waals surface area contributed by atoms with Crippen molar-refractivity contribution in [1.29, 1.82) is 0 Å². The van der Waals surface area contributed by atoms with E-state index in [1.165, 1.54) is 0 Å². The lowest BCUT2D eigenvalue weighted by atomic mass is 9.96. The molecule has 0 saturated carbocycles. The lowest BCUT2D eigenvalue weighted by Crippen LogP contribution is -2.64. The van der Waals surface area contributed by atoms with Gasteiger partial charge >= 0.3 is 0 Å². The summed E-state index contributed by atoms with van der Waals surface area (Å²) in [6, 6.07) is 60.7. The molecule has 2 aliphatic heterocycles. The summed E-state index contributed by atoms with van der Waals surface area (Å²) in [4.78, 5) is 0. The van der Waals surface area contributed by atoms with E-state index in [1.807, 2.05) is 140 Å². The zero-order chi connectivity index (χ0) is 42.9. The van der Waals surface area contributed by atoms with Crippen LogP contribution in [0.3, 0.4) is 0 Å². The van der Waals surface area contributed by atoms with Crippen LogP contribution in [0.25, 0.3) is 0 Å². The zero-order valence-electron chi connectivity index (χ0n) is 35.8. The molecule has 2 aliphatic rings. The van der Waals surface area contributed by atoms with Crippen molar-refractivity contribution in [3.05, 3.63) is 215 Å². The lowest BCUT2D eigenvalue weighted by molar-refractivity contribution is -0.353. The van der Waals surface area contributed by atoms with Gasteiger partial charge in [-0.25, -0.2) is 0 Å². The van der Waals surface area contributed by atoms with Gasteiger partial charge in [0.15, 0.2) is 6.29 Å². The molecule has 0 N–H and O–H groups in total. The molecule has 0 aliphatic carbocycles. The van der Waals surface area contributed by atoms with Crippen LogP contribution in [0.2, 0.25) is 0 Å². The second-order valence-electron chi connectivity index (χ2n) is 16.1. The largest absolute Gasteiger partial charge is 0.374 e. The molecule has 6 aromatic rings. The number of ether oxygens (including phenoxy) is 9. The number of hydrogen-bond acceptors (Lipinski definition) is 9. The molecule has 0 spiro atoms. The van der Waals surface area contributed by atoms with E-state index in [0.717, 1.165) is 33.4 Å². The molecular weight excluding hydrogens is 793 g/mol. The van der Waals surface area contributed by atoms with Crippen molar-refractivity contribution in [1.82, 2.24) is 0 Å². The minimum absolute atomic E-state index is 0.208. The van der Waals surface area contributed by atoms with Gasteiger partial charge in [0.1, 0.15) is 42.7 Å². The zero-order valence-corrected chi connectivity index (χ0v) is 35.8. The maximum atomic E-state index is 7.18. The molecule has 2 saturated heterocycles. The van der Waals surface area contributed by atoms with Gasteiger partial charge in [0, 0.05) is 0 Å². The Kier molecular flexibility index (Phi) is 16.7. The number of rotatable bonds is 21. The Labute approximate surface area is 371 Å². The van der Waals surface area contributed by atoms with Crippen LogP contribution >= 0.6 is 0 Å². The average molecular weight is 851 g/mol. The highest BCUT2D eigenvalue weighted by Gasteiger charge is 2.52. The fraction of sp³-hybridized carbons (Fsp3) is 0.333. The van der Waals surface area contributed by atoms with Crippen LogP contribution in [0.5, 0.6) is 0 Å². The highest BCUT2D eigenvalue weighted by atomic mass is 16.7. The minimum atomic E-state index is -0.948. The first-order chi connectivity index (χ1) is 31.2.